The Bertz CT molecular complexity index is 677. The van der Waals surface area contributed by atoms with E-state index in [2.05, 4.69) is 5.32 Å². The van der Waals surface area contributed by atoms with Gasteiger partial charge in [0.2, 0.25) is 0 Å². The van der Waals surface area contributed by atoms with Gasteiger partial charge in [-0.2, -0.15) is 0 Å². The van der Waals surface area contributed by atoms with Crippen LogP contribution in [-0.2, 0) is 6.42 Å². The summed E-state index contributed by atoms with van der Waals surface area (Å²) in [6, 6.07) is 9.30. The van der Waals surface area contributed by atoms with Crippen molar-refractivity contribution in [3.8, 4) is 0 Å². The number of carbonyl (C=O) groups excluding carboxylic acids is 1. The van der Waals surface area contributed by atoms with Gasteiger partial charge in [-0.1, -0.05) is 35.3 Å². The fraction of sp³-hybridized carbons (Fsp3) is 0.133. The monoisotopic (exact) mass is 326 g/mol. The Kier molecular flexibility index (Phi) is 5.04. The maximum absolute atomic E-state index is 13.3. The summed E-state index contributed by atoms with van der Waals surface area (Å²) in [4.78, 5) is 11.9. The molecular weight excluding hydrogens is 314 g/mol. The van der Waals surface area contributed by atoms with E-state index in [9.17, 15) is 9.18 Å². The molecule has 6 heteroatoms. The van der Waals surface area contributed by atoms with Crippen molar-refractivity contribution in [2.75, 3.05) is 12.3 Å². The van der Waals surface area contributed by atoms with Gasteiger partial charge in [0, 0.05) is 16.6 Å². The van der Waals surface area contributed by atoms with Crippen LogP contribution >= 0.6 is 23.2 Å². The fourth-order valence-corrected chi connectivity index (χ4v) is 2.37. The van der Waals surface area contributed by atoms with Gasteiger partial charge in [-0.05, 0) is 36.2 Å². The van der Waals surface area contributed by atoms with E-state index in [0.29, 0.717) is 23.0 Å². The Morgan fingerprint density at radius 2 is 2.00 bits per heavy atom. The molecule has 1 amide bonds. The first-order valence-electron chi connectivity index (χ1n) is 6.25. The summed E-state index contributed by atoms with van der Waals surface area (Å²) in [5.41, 5.74) is 6.37. The van der Waals surface area contributed by atoms with Crippen LogP contribution in [0, 0.1) is 5.82 Å². The quantitative estimate of drug-likeness (QED) is 0.842. The molecule has 0 spiro atoms. The lowest BCUT2D eigenvalue weighted by Gasteiger charge is -2.09. The molecule has 0 aliphatic carbocycles. The number of rotatable bonds is 4. The molecule has 0 saturated carbocycles. The number of benzene rings is 2. The van der Waals surface area contributed by atoms with Gasteiger partial charge in [0.25, 0.3) is 5.91 Å². The van der Waals surface area contributed by atoms with E-state index in [1.165, 1.54) is 18.2 Å². The van der Waals surface area contributed by atoms with Crippen LogP contribution < -0.4 is 11.1 Å². The highest BCUT2D eigenvalue weighted by Crippen LogP contribution is 2.21. The largest absolute Gasteiger partial charge is 0.396 e. The standard InChI is InChI=1S/C15H13Cl2FN2O/c16-10-5-4-9(12(17)8-10)6-7-20-15(21)11-2-1-3-13(18)14(11)19/h1-5,8H,6-7,19H2,(H,20,21). The number of hydrogen-bond donors (Lipinski definition) is 2. The maximum Gasteiger partial charge on any atom is 0.253 e. The molecule has 2 aromatic carbocycles. The third-order valence-electron chi connectivity index (χ3n) is 2.99. The van der Waals surface area contributed by atoms with Crippen molar-refractivity contribution in [3.05, 3.63) is 63.4 Å². The van der Waals surface area contributed by atoms with Crippen LogP contribution in [0.2, 0.25) is 10.0 Å². The van der Waals surface area contributed by atoms with Gasteiger partial charge in [0.15, 0.2) is 0 Å². The van der Waals surface area contributed by atoms with Crippen molar-refractivity contribution in [2.45, 2.75) is 6.42 Å². The van der Waals surface area contributed by atoms with E-state index in [1.807, 2.05) is 0 Å². The molecule has 0 aromatic heterocycles. The van der Waals surface area contributed by atoms with E-state index in [-0.39, 0.29) is 11.3 Å². The molecule has 0 bridgehead atoms. The molecule has 2 aromatic rings. The van der Waals surface area contributed by atoms with E-state index < -0.39 is 11.7 Å². The lowest BCUT2D eigenvalue weighted by molar-refractivity contribution is 0.0954. The molecule has 110 valence electrons. The van der Waals surface area contributed by atoms with Crippen LogP contribution in [0.3, 0.4) is 0 Å². The fourth-order valence-electron chi connectivity index (χ4n) is 1.87. The van der Waals surface area contributed by atoms with Crippen LogP contribution in [0.1, 0.15) is 15.9 Å². The number of para-hydroxylation sites is 1. The van der Waals surface area contributed by atoms with Crippen molar-refractivity contribution in [1.29, 1.82) is 0 Å². The van der Waals surface area contributed by atoms with Crippen molar-refractivity contribution in [3.63, 3.8) is 0 Å². The minimum atomic E-state index is -0.608. The van der Waals surface area contributed by atoms with Crippen LogP contribution in [-0.4, -0.2) is 12.5 Å². The molecule has 3 nitrogen and oxygen atoms in total. The van der Waals surface area contributed by atoms with Gasteiger partial charge >= 0.3 is 0 Å². The first-order valence-corrected chi connectivity index (χ1v) is 7.00. The lowest BCUT2D eigenvalue weighted by Crippen LogP contribution is -2.26. The zero-order chi connectivity index (χ0) is 15.4. The molecular formula is C15H13Cl2FN2O. The van der Waals surface area contributed by atoms with Gasteiger partial charge in [-0.15, -0.1) is 0 Å². The van der Waals surface area contributed by atoms with Crippen molar-refractivity contribution in [1.82, 2.24) is 5.32 Å². The van der Waals surface area contributed by atoms with Crippen LogP contribution in [0.15, 0.2) is 36.4 Å². The number of halogens is 3. The first kappa shape index (κ1) is 15.6. The van der Waals surface area contributed by atoms with Crippen LogP contribution in [0.4, 0.5) is 10.1 Å². The van der Waals surface area contributed by atoms with Crippen LogP contribution in [0.25, 0.3) is 0 Å². The number of anilines is 1. The Balaban J connectivity index is 1.97. The third-order valence-corrected chi connectivity index (χ3v) is 3.58. The highest BCUT2D eigenvalue weighted by molar-refractivity contribution is 6.35. The zero-order valence-corrected chi connectivity index (χ0v) is 12.5. The second-order valence-electron chi connectivity index (χ2n) is 4.44. The number of nitrogens with one attached hydrogen (secondary N) is 1. The molecule has 0 saturated heterocycles. The average Bonchev–Trinajstić information content (AvgIpc) is 2.44. The molecule has 0 aliphatic rings. The van der Waals surface area contributed by atoms with E-state index in [1.54, 1.807) is 18.2 Å². The Morgan fingerprint density at radius 3 is 2.71 bits per heavy atom. The normalized spacial score (nSPS) is 10.4. The third kappa shape index (κ3) is 3.86. The zero-order valence-electron chi connectivity index (χ0n) is 11.0. The summed E-state index contributed by atoms with van der Waals surface area (Å²) >= 11 is 11.9. The highest BCUT2D eigenvalue weighted by atomic mass is 35.5. The maximum atomic E-state index is 13.3. The van der Waals surface area contributed by atoms with Crippen molar-refractivity contribution >= 4 is 34.8 Å². The average molecular weight is 327 g/mol. The van der Waals surface area contributed by atoms with Gasteiger partial charge in [0.05, 0.1) is 11.3 Å². The minimum Gasteiger partial charge on any atom is -0.396 e. The molecule has 0 aliphatic heterocycles. The number of carbonyl (C=O) groups is 1. The van der Waals surface area contributed by atoms with E-state index >= 15 is 0 Å². The van der Waals surface area contributed by atoms with E-state index in [0.717, 1.165) is 5.56 Å². The van der Waals surface area contributed by atoms with Gasteiger partial charge in [-0.3, -0.25) is 4.79 Å². The molecule has 0 unspecified atom stereocenters. The topological polar surface area (TPSA) is 55.1 Å². The number of hydrogen-bond acceptors (Lipinski definition) is 2. The summed E-state index contributed by atoms with van der Waals surface area (Å²) in [5.74, 6) is -1.03. The number of nitrogen functional groups attached to an aromatic ring is 1. The smallest absolute Gasteiger partial charge is 0.253 e. The summed E-state index contributed by atoms with van der Waals surface area (Å²) < 4.78 is 13.3. The number of amides is 1. The van der Waals surface area contributed by atoms with Gasteiger partial charge < -0.3 is 11.1 Å². The SMILES string of the molecule is Nc1c(F)cccc1C(=O)NCCc1ccc(Cl)cc1Cl. The van der Waals surface area contributed by atoms with Gasteiger partial charge in [-0.25, -0.2) is 4.39 Å². The second-order valence-corrected chi connectivity index (χ2v) is 5.29. The second kappa shape index (κ2) is 6.78. The predicted octanol–water partition coefficient (Wildman–Crippen LogP) is 3.69. The molecule has 3 N–H and O–H groups in total. The lowest BCUT2D eigenvalue weighted by atomic mass is 10.1. The van der Waals surface area contributed by atoms with Crippen LogP contribution in [0.5, 0.6) is 0 Å². The Morgan fingerprint density at radius 1 is 1.24 bits per heavy atom. The molecule has 0 heterocycles. The Labute approximate surface area is 131 Å². The van der Waals surface area contributed by atoms with Crippen molar-refractivity contribution < 1.29 is 9.18 Å². The first-order chi connectivity index (χ1) is 9.99. The highest BCUT2D eigenvalue weighted by Gasteiger charge is 2.12. The summed E-state index contributed by atoms with van der Waals surface area (Å²) in [5, 5.41) is 3.78. The van der Waals surface area contributed by atoms with Gasteiger partial charge in [0.1, 0.15) is 5.82 Å². The summed E-state index contributed by atoms with van der Waals surface area (Å²) in [6.45, 7) is 0.357. The number of nitrogens with two attached hydrogens (primary N) is 1. The predicted molar refractivity (Wildman–Crippen MR) is 83.3 cm³/mol. The van der Waals surface area contributed by atoms with E-state index in [4.69, 9.17) is 28.9 Å². The summed E-state index contributed by atoms with van der Waals surface area (Å²) in [6.07, 6.45) is 0.539. The molecule has 0 fully saturated rings. The Hall–Kier alpha value is -1.78. The molecule has 21 heavy (non-hydrogen) atoms. The molecule has 0 radical (unpaired) electrons. The summed E-state index contributed by atoms with van der Waals surface area (Å²) in [7, 11) is 0. The molecule has 0 atom stereocenters. The van der Waals surface area contributed by atoms with Crippen molar-refractivity contribution in [2.24, 2.45) is 0 Å². The minimum absolute atomic E-state index is 0.122. The molecule has 2 rings (SSSR count).